The average Bonchev–Trinajstić information content (AvgIpc) is 3.10. The van der Waals surface area contributed by atoms with Crippen LogP contribution in [0.15, 0.2) is 57.8 Å². The van der Waals surface area contributed by atoms with Gasteiger partial charge in [0.2, 0.25) is 0 Å². The number of nitrogens with one attached hydrogen (secondary N) is 1. The van der Waals surface area contributed by atoms with Crippen LogP contribution in [0.2, 0.25) is 0 Å². The van der Waals surface area contributed by atoms with Crippen molar-refractivity contribution >= 4 is 33.5 Å². The Bertz CT molecular complexity index is 1130. The first-order chi connectivity index (χ1) is 14.6. The van der Waals surface area contributed by atoms with Crippen LogP contribution in [0.5, 0.6) is 5.75 Å². The van der Waals surface area contributed by atoms with Gasteiger partial charge in [-0.2, -0.15) is 0 Å². The molecular weight excluding hydrogens is 404 g/mol. The third kappa shape index (κ3) is 3.36. The molecule has 0 aliphatic carbocycles. The van der Waals surface area contributed by atoms with Crippen molar-refractivity contribution in [2.24, 2.45) is 5.41 Å². The summed E-state index contributed by atoms with van der Waals surface area (Å²) in [6.07, 6.45) is 0. The van der Waals surface area contributed by atoms with Crippen molar-refractivity contribution in [2.45, 2.75) is 11.8 Å². The average molecular weight is 426 g/mol. The molecule has 1 unspecified atom stereocenters. The zero-order valence-corrected chi connectivity index (χ0v) is 17.4. The maximum absolute atomic E-state index is 12.7. The van der Waals surface area contributed by atoms with Crippen molar-refractivity contribution in [1.82, 2.24) is 4.72 Å². The van der Waals surface area contributed by atoms with Crippen LogP contribution in [-0.4, -0.2) is 43.0 Å². The molecule has 0 radical (unpaired) electrons. The van der Waals surface area contributed by atoms with Crippen molar-refractivity contribution in [1.29, 1.82) is 0 Å². The van der Waals surface area contributed by atoms with Crippen LogP contribution in [0.4, 0.5) is 5.69 Å². The predicted octanol–water partition coefficient (Wildman–Crippen LogP) is 3.12. The number of furan rings is 1. The van der Waals surface area contributed by atoms with Crippen molar-refractivity contribution in [3.8, 4) is 5.75 Å². The van der Waals surface area contributed by atoms with E-state index in [0.717, 1.165) is 37.4 Å². The van der Waals surface area contributed by atoms with E-state index in [1.54, 1.807) is 30.3 Å². The number of rotatable bonds is 6. The Hall–Kier alpha value is -2.84. The van der Waals surface area contributed by atoms with Crippen LogP contribution < -0.4 is 14.4 Å². The van der Waals surface area contributed by atoms with E-state index < -0.39 is 16.9 Å². The number of hydrogen-bond donors (Lipinski definition) is 1. The van der Waals surface area contributed by atoms with E-state index in [2.05, 4.69) is 9.62 Å². The number of anilines is 1. The zero-order valence-electron chi connectivity index (χ0n) is 16.6. The van der Waals surface area contributed by atoms with Crippen LogP contribution in [0, 0.1) is 5.41 Å². The van der Waals surface area contributed by atoms with Gasteiger partial charge in [0.05, 0.1) is 25.2 Å². The third-order valence-electron chi connectivity index (χ3n) is 5.50. The fraction of sp³-hybridized carbons (Fsp3) is 0.318. The Labute approximate surface area is 176 Å². The summed E-state index contributed by atoms with van der Waals surface area (Å²) in [6, 6.07) is 14.5. The Kier molecular flexibility index (Phi) is 4.75. The van der Waals surface area contributed by atoms with Crippen LogP contribution in [0.1, 0.15) is 17.5 Å². The summed E-state index contributed by atoms with van der Waals surface area (Å²) in [5.41, 5.74) is 2.02. The number of carbonyl (C=O) groups excluding carboxylic acids is 1. The number of ether oxygens (including phenoxy) is 2. The number of amides is 1. The monoisotopic (exact) mass is 426 g/mol. The Morgan fingerprint density at radius 3 is 2.73 bits per heavy atom. The predicted molar refractivity (Wildman–Crippen MR) is 113 cm³/mol. The summed E-state index contributed by atoms with van der Waals surface area (Å²) in [6.45, 7) is 5.91. The first kappa shape index (κ1) is 19.1. The lowest BCUT2D eigenvalue weighted by Gasteiger charge is -2.56. The normalized spacial score (nSPS) is 18.0. The van der Waals surface area contributed by atoms with E-state index in [4.69, 9.17) is 13.9 Å². The molecule has 1 spiro atoms. The van der Waals surface area contributed by atoms with Crippen LogP contribution in [0.3, 0.4) is 0 Å². The summed E-state index contributed by atoms with van der Waals surface area (Å²) in [7, 11) is -1.76. The smallest absolute Gasteiger partial charge is 0.298 e. The van der Waals surface area contributed by atoms with E-state index in [1.807, 2.05) is 25.1 Å². The van der Waals surface area contributed by atoms with Crippen molar-refractivity contribution < 1.29 is 22.9 Å². The molecule has 1 aromatic heterocycles. The minimum Gasteiger partial charge on any atom is -0.493 e. The highest BCUT2D eigenvalue weighted by atomic mass is 32.2. The van der Waals surface area contributed by atoms with Gasteiger partial charge in [0.25, 0.3) is 5.91 Å². The SMILES string of the molecule is CCOc1ccccc1S(=O)NC(=O)c1cc2ccc(N3CC4(COC4)C3)cc2o1. The van der Waals surface area contributed by atoms with E-state index in [9.17, 15) is 9.00 Å². The maximum atomic E-state index is 12.7. The van der Waals surface area contributed by atoms with Gasteiger partial charge in [0.1, 0.15) is 16.2 Å². The first-order valence-electron chi connectivity index (χ1n) is 9.88. The standard InChI is InChI=1S/C22H22N2O5S/c1-2-28-17-5-3-4-6-20(17)30(26)23-21(25)19-9-15-7-8-16(10-18(15)29-19)24-11-22(12-24)13-27-14-22/h3-10H,2,11-14H2,1H3,(H,23,25). The minimum absolute atomic E-state index is 0.122. The van der Waals surface area contributed by atoms with Crippen LogP contribution >= 0.6 is 0 Å². The van der Waals surface area contributed by atoms with Gasteiger partial charge in [-0.25, -0.2) is 4.21 Å². The molecule has 0 saturated carbocycles. The summed E-state index contributed by atoms with van der Waals surface area (Å²) < 4.78 is 31.7. The molecule has 3 heterocycles. The number of benzene rings is 2. The highest BCUT2D eigenvalue weighted by Gasteiger charge is 2.49. The largest absolute Gasteiger partial charge is 0.493 e. The second kappa shape index (κ2) is 7.45. The highest BCUT2D eigenvalue weighted by Crippen LogP contribution is 2.40. The molecule has 5 rings (SSSR count). The van der Waals surface area contributed by atoms with Crippen LogP contribution in [-0.2, 0) is 15.7 Å². The quantitative estimate of drug-likeness (QED) is 0.652. The van der Waals surface area contributed by atoms with Gasteiger partial charge in [0.15, 0.2) is 16.7 Å². The summed E-state index contributed by atoms with van der Waals surface area (Å²) in [5, 5.41) is 0.826. The van der Waals surface area contributed by atoms with E-state index >= 15 is 0 Å². The second-order valence-electron chi connectivity index (χ2n) is 7.76. The third-order valence-corrected chi connectivity index (χ3v) is 6.60. The molecule has 2 aliphatic heterocycles. The molecule has 1 amide bonds. The van der Waals surface area contributed by atoms with E-state index in [-0.39, 0.29) is 5.76 Å². The van der Waals surface area contributed by atoms with Gasteiger partial charge in [0, 0.05) is 30.2 Å². The fourth-order valence-corrected chi connectivity index (χ4v) is 4.81. The van der Waals surface area contributed by atoms with Gasteiger partial charge in [-0.1, -0.05) is 12.1 Å². The van der Waals surface area contributed by atoms with Gasteiger partial charge in [-0.15, -0.1) is 0 Å². The van der Waals surface area contributed by atoms with Gasteiger partial charge in [-0.3, -0.25) is 9.52 Å². The van der Waals surface area contributed by atoms with E-state index in [0.29, 0.717) is 28.2 Å². The molecule has 2 aromatic carbocycles. The summed E-state index contributed by atoms with van der Waals surface area (Å²) >= 11 is 0. The lowest BCUT2D eigenvalue weighted by Crippen LogP contribution is -2.66. The molecule has 7 nitrogen and oxygen atoms in total. The van der Waals surface area contributed by atoms with Crippen molar-refractivity contribution in [3.63, 3.8) is 0 Å². The zero-order chi connectivity index (χ0) is 20.7. The Morgan fingerprint density at radius 1 is 1.20 bits per heavy atom. The number of carbonyl (C=O) groups is 1. The lowest BCUT2D eigenvalue weighted by molar-refractivity contribution is -0.127. The van der Waals surface area contributed by atoms with Crippen molar-refractivity contribution in [2.75, 3.05) is 37.8 Å². The van der Waals surface area contributed by atoms with E-state index in [1.165, 1.54) is 0 Å². The number of fused-ring (bicyclic) bond motifs is 1. The maximum Gasteiger partial charge on any atom is 0.298 e. The van der Waals surface area contributed by atoms with Crippen molar-refractivity contribution in [3.05, 3.63) is 54.3 Å². The summed E-state index contributed by atoms with van der Waals surface area (Å²) in [5.74, 6) is 0.0702. The van der Waals surface area contributed by atoms with Gasteiger partial charge < -0.3 is 18.8 Å². The molecule has 1 N–H and O–H groups in total. The molecule has 0 bridgehead atoms. The molecule has 156 valence electrons. The topological polar surface area (TPSA) is 81.0 Å². The molecule has 1 atom stereocenters. The van der Waals surface area contributed by atoms with Gasteiger partial charge in [-0.05, 0) is 37.3 Å². The fourth-order valence-electron chi connectivity index (χ4n) is 3.92. The van der Waals surface area contributed by atoms with Crippen LogP contribution in [0.25, 0.3) is 11.0 Å². The molecule has 8 heteroatoms. The number of nitrogens with zero attached hydrogens (tertiary/aromatic N) is 1. The molecule has 2 aliphatic rings. The molecule has 2 fully saturated rings. The number of hydrogen-bond acceptors (Lipinski definition) is 6. The minimum atomic E-state index is -1.76. The molecule has 30 heavy (non-hydrogen) atoms. The van der Waals surface area contributed by atoms with Gasteiger partial charge >= 0.3 is 0 Å². The second-order valence-corrected chi connectivity index (χ2v) is 8.94. The Balaban J connectivity index is 1.31. The summed E-state index contributed by atoms with van der Waals surface area (Å²) in [4.78, 5) is 15.3. The molecule has 3 aromatic rings. The first-order valence-corrected chi connectivity index (χ1v) is 11.0. The molecular formula is C22H22N2O5S. The lowest BCUT2D eigenvalue weighted by atomic mass is 9.78. The molecule has 2 saturated heterocycles. The highest BCUT2D eigenvalue weighted by molar-refractivity contribution is 7.83. The Morgan fingerprint density at radius 2 is 2.00 bits per heavy atom. The number of para-hydroxylation sites is 1.